The molecule has 3 N–H and O–H groups in total. The Morgan fingerprint density at radius 1 is 0.897 bits per heavy atom. The second-order valence-electron chi connectivity index (χ2n) is 5.65. The highest BCUT2D eigenvalue weighted by Gasteiger charge is 2.42. The molecule has 2 aromatic rings. The zero-order valence-corrected chi connectivity index (χ0v) is 20.1. The molecule has 15 heteroatoms. The highest BCUT2D eigenvalue weighted by Crippen LogP contribution is 2.36. The monoisotopic (exact) mass is 554 g/mol. The van der Waals surface area contributed by atoms with Crippen LogP contribution in [0.3, 0.4) is 0 Å². The van der Waals surface area contributed by atoms with Gasteiger partial charge in [-0.2, -0.15) is 9.44 Å². The van der Waals surface area contributed by atoms with E-state index in [0.717, 1.165) is 40.9 Å². The van der Waals surface area contributed by atoms with Crippen molar-refractivity contribution in [2.75, 3.05) is 0 Å². The number of allylic oxidation sites excluding steroid dienone is 2. The summed E-state index contributed by atoms with van der Waals surface area (Å²) in [6.07, 6.45) is 5.14. The summed E-state index contributed by atoms with van der Waals surface area (Å²) in [5.74, 6) is 0. The van der Waals surface area contributed by atoms with E-state index in [4.69, 9.17) is 46.4 Å². The van der Waals surface area contributed by atoms with E-state index >= 15 is 0 Å². The van der Waals surface area contributed by atoms with Crippen LogP contribution in [0, 0.1) is 0 Å². The van der Waals surface area contributed by atoms with Crippen molar-refractivity contribution in [3.8, 4) is 0 Å². The third kappa shape index (κ3) is 5.01. The van der Waals surface area contributed by atoms with Crippen LogP contribution in [-0.4, -0.2) is 33.7 Å². The molecule has 0 spiro atoms. The molecule has 0 aliphatic heterocycles. The van der Waals surface area contributed by atoms with Crippen LogP contribution in [0.25, 0.3) is 0 Å². The Morgan fingerprint density at radius 3 is 1.90 bits per heavy atom. The van der Waals surface area contributed by atoms with E-state index in [2.05, 4.69) is 9.44 Å². The van der Waals surface area contributed by atoms with Crippen LogP contribution in [-0.2, 0) is 20.0 Å². The molecule has 2 aromatic heterocycles. The van der Waals surface area contributed by atoms with Crippen molar-refractivity contribution < 1.29 is 21.9 Å². The second-order valence-corrected chi connectivity index (χ2v) is 13.6. The third-order valence-electron chi connectivity index (χ3n) is 3.65. The highest BCUT2D eigenvalue weighted by atomic mass is 35.5. The van der Waals surface area contributed by atoms with Gasteiger partial charge in [-0.3, -0.25) is 0 Å². The predicted octanol–water partition coefficient (Wildman–Crippen LogP) is 3.86. The summed E-state index contributed by atoms with van der Waals surface area (Å²) in [6.45, 7) is 0. The fourth-order valence-electron chi connectivity index (χ4n) is 2.37. The smallest absolute Gasteiger partial charge is 0.245 e. The van der Waals surface area contributed by atoms with Crippen molar-refractivity contribution in [3.05, 3.63) is 53.8 Å². The number of nitrogens with one attached hydrogen (secondary N) is 2. The van der Waals surface area contributed by atoms with Crippen LogP contribution >= 0.6 is 69.1 Å². The van der Waals surface area contributed by atoms with Gasteiger partial charge in [0, 0.05) is 0 Å². The van der Waals surface area contributed by atoms with Gasteiger partial charge in [-0.05, 0) is 18.2 Å². The Morgan fingerprint density at radius 2 is 1.41 bits per heavy atom. The molecule has 3 rings (SSSR count). The van der Waals surface area contributed by atoms with Gasteiger partial charge in [0.25, 0.3) is 0 Å². The van der Waals surface area contributed by atoms with Gasteiger partial charge in [-0.15, -0.1) is 22.7 Å². The van der Waals surface area contributed by atoms with E-state index in [-0.39, 0.29) is 27.1 Å². The molecule has 0 aromatic carbocycles. The molecule has 1 aliphatic carbocycles. The minimum Gasteiger partial charge on any atom is -0.369 e. The van der Waals surface area contributed by atoms with Crippen molar-refractivity contribution in [1.82, 2.24) is 9.44 Å². The summed E-state index contributed by atoms with van der Waals surface area (Å²) >= 11 is 25.1. The Kier molecular flexibility index (Phi) is 6.80. The lowest BCUT2D eigenvalue weighted by molar-refractivity contribution is 0.0597. The van der Waals surface area contributed by atoms with Crippen molar-refractivity contribution in [1.29, 1.82) is 0 Å². The number of rotatable bonds is 6. The maximum atomic E-state index is 12.7. The first-order chi connectivity index (χ1) is 13.3. The number of halogens is 4. The summed E-state index contributed by atoms with van der Waals surface area (Å²) in [7, 11) is -8.60. The van der Waals surface area contributed by atoms with Crippen LogP contribution in [0.5, 0.6) is 0 Å². The lowest BCUT2D eigenvalue weighted by Crippen LogP contribution is -2.61. The van der Waals surface area contributed by atoms with Crippen LogP contribution < -0.4 is 9.44 Å². The molecular weight excluding hydrogens is 546 g/mol. The summed E-state index contributed by atoms with van der Waals surface area (Å²) < 4.78 is 55.1. The number of sulfonamides is 2. The van der Waals surface area contributed by atoms with Crippen molar-refractivity contribution in [2.45, 2.75) is 21.6 Å². The molecule has 0 bridgehead atoms. The van der Waals surface area contributed by atoms with E-state index in [0.29, 0.717) is 0 Å². The zero-order valence-electron chi connectivity index (χ0n) is 13.8. The zero-order chi connectivity index (χ0) is 21.6. The second kappa shape index (κ2) is 8.40. The average Bonchev–Trinajstić information content (AvgIpc) is 3.10. The molecule has 1 aliphatic rings. The van der Waals surface area contributed by atoms with Gasteiger partial charge in [0.2, 0.25) is 20.0 Å². The first kappa shape index (κ1) is 23.5. The molecule has 0 fully saturated rings. The Balaban J connectivity index is 1.93. The quantitative estimate of drug-likeness (QED) is 0.468. The van der Waals surface area contributed by atoms with Crippen LogP contribution in [0.15, 0.2) is 46.2 Å². The van der Waals surface area contributed by atoms with Crippen LogP contribution in [0.1, 0.15) is 0 Å². The Labute approximate surface area is 194 Å². The van der Waals surface area contributed by atoms with Gasteiger partial charge >= 0.3 is 0 Å². The van der Waals surface area contributed by atoms with E-state index in [9.17, 15) is 21.9 Å². The van der Waals surface area contributed by atoms with Crippen molar-refractivity contribution in [3.63, 3.8) is 0 Å². The fourth-order valence-corrected chi connectivity index (χ4v) is 9.13. The minimum atomic E-state index is -4.36. The van der Waals surface area contributed by atoms with Gasteiger partial charge in [0.15, 0.2) is 5.72 Å². The SMILES string of the molecule is O=S(=O)(NC1C=CC=CC1(O)NS(=O)(=O)c1cc(Cl)sc1Cl)c1cc(Cl)sc1Cl. The average molecular weight is 556 g/mol. The molecule has 158 valence electrons. The minimum absolute atomic E-state index is 0.0818. The van der Waals surface area contributed by atoms with Crippen molar-refractivity contribution >= 4 is 89.1 Å². The Bertz CT molecular complexity index is 1220. The number of hydrogen-bond acceptors (Lipinski definition) is 7. The summed E-state index contributed by atoms with van der Waals surface area (Å²) in [6, 6.07) is 0.861. The van der Waals surface area contributed by atoms with Gasteiger partial charge in [-0.1, -0.05) is 64.6 Å². The van der Waals surface area contributed by atoms with Crippen LogP contribution in [0.2, 0.25) is 17.3 Å². The van der Waals surface area contributed by atoms with Gasteiger partial charge in [0.05, 0.1) is 14.7 Å². The lowest BCUT2D eigenvalue weighted by atomic mass is 10.0. The molecule has 29 heavy (non-hydrogen) atoms. The third-order valence-corrected chi connectivity index (χ3v) is 10.1. The molecule has 0 radical (unpaired) electrons. The summed E-state index contributed by atoms with van der Waals surface area (Å²) in [4.78, 5) is -0.644. The van der Waals surface area contributed by atoms with Crippen molar-refractivity contribution in [2.24, 2.45) is 0 Å². The molecule has 2 unspecified atom stereocenters. The maximum Gasteiger partial charge on any atom is 0.245 e. The number of thiophene rings is 2. The normalized spacial score (nSPS) is 22.3. The number of aliphatic hydroxyl groups is 1. The molecule has 0 saturated carbocycles. The maximum absolute atomic E-state index is 12.7. The van der Waals surface area contributed by atoms with Gasteiger partial charge < -0.3 is 5.11 Å². The first-order valence-corrected chi connectivity index (χ1v) is 13.5. The summed E-state index contributed by atoms with van der Waals surface area (Å²) in [5.41, 5.74) is -2.34. The molecule has 7 nitrogen and oxygen atoms in total. The van der Waals surface area contributed by atoms with E-state index in [1.54, 1.807) is 0 Å². The fraction of sp³-hybridized carbons (Fsp3) is 0.143. The first-order valence-electron chi connectivity index (χ1n) is 7.38. The Hall–Kier alpha value is -0.180. The number of hydrogen-bond donors (Lipinski definition) is 3. The molecule has 2 atom stereocenters. The molecular formula is C14H10Cl4N2O5S4. The van der Waals surface area contributed by atoms with E-state index in [1.807, 2.05) is 0 Å². The standard InChI is InChI=1S/C14H10Cl4N2O5S4/c15-10-5-7(12(17)26-10)28(22,23)19-9-3-1-2-4-14(9,21)20-29(24,25)8-6-11(16)27-13(8)18/h1-6,9,19-21H. The van der Waals surface area contributed by atoms with Crippen LogP contribution in [0.4, 0.5) is 0 Å². The lowest BCUT2D eigenvalue weighted by Gasteiger charge is -2.34. The van der Waals surface area contributed by atoms with Gasteiger partial charge in [-0.25, -0.2) is 16.8 Å². The van der Waals surface area contributed by atoms with Gasteiger partial charge in [0.1, 0.15) is 18.5 Å². The predicted molar refractivity (Wildman–Crippen MR) is 116 cm³/mol. The van der Waals surface area contributed by atoms with E-state index < -0.39 is 31.8 Å². The van der Waals surface area contributed by atoms with E-state index in [1.165, 1.54) is 18.2 Å². The molecule has 0 amide bonds. The molecule has 0 saturated heterocycles. The topological polar surface area (TPSA) is 113 Å². The largest absolute Gasteiger partial charge is 0.369 e. The highest BCUT2D eigenvalue weighted by molar-refractivity contribution is 7.90. The summed E-state index contributed by atoms with van der Waals surface area (Å²) in [5, 5.41) is 10.9. The molecule has 2 heterocycles.